The molecule has 3 aromatic heterocycles. The van der Waals surface area contributed by atoms with Crippen LogP contribution in [0, 0.1) is 0 Å². The van der Waals surface area contributed by atoms with Crippen LogP contribution in [-0.2, 0) is 6.18 Å². The van der Waals surface area contributed by atoms with Gasteiger partial charge in [-0.1, -0.05) is 6.07 Å². The first kappa shape index (κ1) is 18.0. The Kier molecular flexibility index (Phi) is 4.41. The molecule has 1 saturated heterocycles. The topological polar surface area (TPSA) is 50.5 Å². The van der Waals surface area contributed by atoms with Crippen molar-refractivity contribution in [2.45, 2.75) is 38.4 Å². The zero-order valence-electron chi connectivity index (χ0n) is 14.5. The summed E-state index contributed by atoms with van der Waals surface area (Å²) in [5, 5.41) is 5.73. The summed E-state index contributed by atoms with van der Waals surface area (Å²) in [5.41, 5.74) is -0.719. The van der Waals surface area contributed by atoms with Gasteiger partial charge in [-0.2, -0.15) is 18.3 Å². The third-order valence-corrected chi connectivity index (χ3v) is 5.67. The molecule has 9 heteroatoms. The maximum Gasteiger partial charge on any atom is 0.433 e. The summed E-state index contributed by atoms with van der Waals surface area (Å²) < 4.78 is 41.5. The molecule has 27 heavy (non-hydrogen) atoms. The summed E-state index contributed by atoms with van der Waals surface area (Å²) >= 11 is 1.31. The number of aromatic nitrogens is 3. The van der Waals surface area contributed by atoms with Gasteiger partial charge < -0.3 is 4.90 Å². The number of carbonyl (C=O) groups excluding carboxylic acids is 1. The first-order valence-electron chi connectivity index (χ1n) is 8.67. The lowest BCUT2D eigenvalue weighted by Gasteiger charge is -2.32. The van der Waals surface area contributed by atoms with Crippen LogP contribution in [0.3, 0.4) is 0 Å². The molecule has 3 aromatic rings. The molecule has 0 aromatic carbocycles. The largest absolute Gasteiger partial charge is 0.433 e. The fourth-order valence-corrected chi connectivity index (χ4v) is 4.06. The predicted molar refractivity (Wildman–Crippen MR) is 95.7 cm³/mol. The van der Waals surface area contributed by atoms with Crippen LogP contribution in [0.5, 0.6) is 0 Å². The second-order valence-electron chi connectivity index (χ2n) is 6.64. The lowest BCUT2D eigenvalue weighted by Crippen LogP contribution is -2.42. The fraction of sp³-hybridized carbons (Fsp3) is 0.389. The highest BCUT2D eigenvalue weighted by Crippen LogP contribution is 2.33. The van der Waals surface area contributed by atoms with Crippen molar-refractivity contribution in [3.8, 4) is 10.6 Å². The van der Waals surface area contributed by atoms with Crippen LogP contribution in [0.4, 0.5) is 13.2 Å². The summed E-state index contributed by atoms with van der Waals surface area (Å²) in [6.45, 7) is 2.54. The van der Waals surface area contributed by atoms with Crippen LogP contribution in [-0.4, -0.2) is 38.0 Å². The van der Waals surface area contributed by atoms with Gasteiger partial charge in [-0.25, -0.2) is 9.50 Å². The van der Waals surface area contributed by atoms with Crippen LogP contribution in [0.25, 0.3) is 16.2 Å². The molecule has 0 radical (unpaired) electrons. The number of hydrogen-bond acceptors (Lipinski definition) is 4. The zero-order valence-corrected chi connectivity index (χ0v) is 15.3. The predicted octanol–water partition coefficient (Wildman–Crippen LogP) is 4.49. The number of halogens is 3. The maximum absolute atomic E-state index is 13.6. The van der Waals surface area contributed by atoms with Crippen LogP contribution in [0.1, 0.15) is 42.4 Å². The van der Waals surface area contributed by atoms with Gasteiger partial charge in [0.05, 0.1) is 10.6 Å². The molecule has 5 nitrogen and oxygen atoms in total. The minimum Gasteiger partial charge on any atom is -0.335 e. The van der Waals surface area contributed by atoms with Crippen LogP contribution in [0.2, 0.25) is 0 Å². The molecule has 0 bridgehead atoms. The number of amides is 1. The number of carbonyl (C=O) groups is 1. The van der Waals surface area contributed by atoms with E-state index in [1.54, 1.807) is 22.4 Å². The molecule has 1 aliphatic heterocycles. The molecule has 4 heterocycles. The monoisotopic (exact) mass is 394 g/mol. The van der Waals surface area contributed by atoms with Crippen LogP contribution < -0.4 is 0 Å². The number of alkyl halides is 3. The van der Waals surface area contributed by atoms with Gasteiger partial charge in [-0.05, 0) is 43.7 Å². The van der Waals surface area contributed by atoms with E-state index < -0.39 is 11.9 Å². The van der Waals surface area contributed by atoms with Gasteiger partial charge in [-0.3, -0.25) is 4.79 Å². The molecule has 4 rings (SSSR count). The minimum atomic E-state index is -4.61. The van der Waals surface area contributed by atoms with Gasteiger partial charge in [0, 0.05) is 18.7 Å². The van der Waals surface area contributed by atoms with E-state index in [0.29, 0.717) is 11.4 Å². The van der Waals surface area contributed by atoms with E-state index in [4.69, 9.17) is 0 Å². The third-order valence-electron chi connectivity index (χ3n) is 4.77. The van der Waals surface area contributed by atoms with E-state index >= 15 is 0 Å². The molecule has 1 fully saturated rings. The quantitative estimate of drug-likeness (QED) is 0.643. The number of hydrogen-bond donors (Lipinski definition) is 0. The zero-order chi connectivity index (χ0) is 19.2. The number of thiophene rings is 1. The number of fused-ring (bicyclic) bond motifs is 1. The second-order valence-corrected chi connectivity index (χ2v) is 7.59. The van der Waals surface area contributed by atoms with Gasteiger partial charge in [0.1, 0.15) is 0 Å². The van der Waals surface area contributed by atoms with E-state index in [0.717, 1.165) is 29.8 Å². The van der Waals surface area contributed by atoms with E-state index in [9.17, 15) is 18.0 Å². The number of rotatable bonds is 2. The molecular weight excluding hydrogens is 377 g/mol. The molecule has 0 saturated carbocycles. The van der Waals surface area contributed by atoms with Gasteiger partial charge in [0.25, 0.3) is 5.91 Å². The fourth-order valence-electron chi connectivity index (χ4n) is 3.38. The summed E-state index contributed by atoms with van der Waals surface area (Å²) in [5.74, 6) is -0.349. The van der Waals surface area contributed by atoms with Crippen molar-refractivity contribution < 1.29 is 18.0 Å². The average Bonchev–Trinajstić information content (AvgIpc) is 3.29. The molecule has 0 aliphatic carbocycles. The first-order valence-corrected chi connectivity index (χ1v) is 9.55. The highest BCUT2D eigenvalue weighted by Gasteiger charge is 2.36. The highest BCUT2D eigenvalue weighted by molar-refractivity contribution is 7.13. The second kappa shape index (κ2) is 6.63. The Morgan fingerprint density at radius 2 is 2.11 bits per heavy atom. The lowest BCUT2D eigenvalue weighted by atomic mass is 10.0. The number of likely N-dealkylation sites (tertiary alicyclic amines) is 1. The highest BCUT2D eigenvalue weighted by atomic mass is 32.1. The Bertz CT molecular complexity index is 981. The standard InChI is InChI=1S/C18H17F3N4OS/c1-11-5-2-3-7-24(11)17(26)13-10-16-22-12(14-6-4-8-27-14)9-15(18(19,20)21)25(16)23-13/h4,6,8-11H,2-3,5,7H2,1H3. The Hall–Kier alpha value is -2.42. The Morgan fingerprint density at radius 3 is 2.78 bits per heavy atom. The van der Waals surface area contributed by atoms with Gasteiger partial charge in [-0.15, -0.1) is 11.3 Å². The van der Waals surface area contributed by atoms with Crippen molar-refractivity contribution in [3.05, 3.63) is 41.0 Å². The summed E-state index contributed by atoms with van der Waals surface area (Å²) in [4.78, 5) is 19.4. The van der Waals surface area contributed by atoms with Gasteiger partial charge in [0.2, 0.25) is 0 Å². The van der Waals surface area contributed by atoms with Crippen LogP contribution >= 0.6 is 11.3 Å². The summed E-state index contributed by atoms with van der Waals surface area (Å²) in [6, 6.07) is 5.83. The molecule has 1 aliphatic rings. The number of piperidine rings is 1. The van der Waals surface area contributed by atoms with Crippen molar-refractivity contribution in [2.75, 3.05) is 6.54 Å². The molecule has 0 spiro atoms. The Labute approximate surface area is 157 Å². The third kappa shape index (κ3) is 3.31. The lowest BCUT2D eigenvalue weighted by molar-refractivity contribution is -0.142. The minimum absolute atomic E-state index is 0.00919. The van der Waals surface area contributed by atoms with E-state index in [2.05, 4.69) is 10.1 Å². The SMILES string of the molecule is CC1CCCCN1C(=O)c1cc2nc(-c3cccs3)cc(C(F)(F)F)n2n1. The summed E-state index contributed by atoms with van der Waals surface area (Å²) in [7, 11) is 0. The molecule has 1 unspecified atom stereocenters. The van der Waals surface area contributed by atoms with Crippen molar-refractivity contribution >= 4 is 22.9 Å². The van der Waals surface area contributed by atoms with Crippen molar-refractivity contribution in [3.63, 3.8) is 0 Å². The normalized spacial score (nSPS) is 18.2. The molecule has 1 atom stereocenters. The molecule has 1 amide bonds. The Balaban J connectivity index is 1.82. The van der Waals surface area contributed by atoms with Gasteiger partial charge in [0.15, 0.2) is 17.0 Å². The van der Waals surface area contributed by atoms with Crippen molar-refractivity contribution in [2.24, 2.45) is 0 Å². The Morgan fingerprint density at radius 1 is 1.30 bits per heavy atom. The van der Waals surface area contributed by atoms with Gasteiger partial charge >= 0.3 is 6.18 Å². The summed E-state index contributed by atoms with van der Waals surface area (Å²) in [6.07, 6.45) is -1.80. The first-order chi connectivity index (χ1) is 12.8. The molecule has 0 N–H and O–H groups in total. The van der Waals surface area contributed by atoms with E-state index in [1.165, 1.54) is 17.4 Å². The van der Waals surface area contributed by atoms with Crippen molar-refractivity contribution in [1.29, 1.82) is 0 Å². The average molecular weight is 394 g/mol. The maximum atomic E-state index is 13.6. The molecule has 142 valence electrons. The number of nitrogens with zero attached hydrogens (tertiary/aromatic N) is 4. The molecular formula is C18H17F3N4OS. The van der Waals surface area contributed by atoms with Crippen molar-refractivity contribution in [1.82, 2.24) is 19.5 Å². The van der Waals surface area contributed by atoms with E-state index in [-0.39, 0.29) is 29.0 Å². The smallest absolute Gasteiger partial charge is 0.335 e. The van der Waals surface area contributed by atoms with Crippen LogP contribution in [0.15, 0.2) is 29.6 Å². The van der Waals surface area contributed by atoms with E-state index in [1.807, 2.05) is 6.92 Å².